The van der Waals surface area contributed by atoms with E-state index in [4.69, 9.17) is 4.74 Å². The molecule has 9 heteroatoms. The van der Waals surface area contributed by atoms with Crippen LogP contribution < -0.4 is 4.90 Å². The Morgan fingerprint density at radius 1 is 1.07 bits per heavy atom. The van der Waals surface area contributed by atoms with Crippen molar-refractivity contribution in [3.05, 3.63) is 36.0 Å². The molecule has 3 aliphatic rings. The highest BCUT2D eigenvalue weighted by Crippen LogP contribution is 2.37. The lowest BCUT2D eigenvalue weighted by Gasteiger charge is -2.29. The number of fused-ring (bicyclic) bond motifs is 1. The van der Waals surface area contributed by atoms with Crippen LogP contribution in [-0.4, -0.2) is 60.1 Å². The maximum atomic E-state index is 12.7. The zero-order chi connectivity index (χ0) is 18.4. The highest BCUT2D eigenvalue weighted by Gasteiger charge is 2.30. The van der Waals surface area contributed by atoms with Crippen molar-refractivity contribution in [1.29, 1.82) is 0 Å². The smallest absolute Gasteiger partial charge is 0.244 e. The molecule has 0 N–H and O–H groups in total. The average molecular weight is 389 g/mol. The number of ether oxygens (including phenoxy) is 1. The maximum absolute atomic E-state index is 12.7. The number of nitrogens with zero attached hydrogens (tertiary/aromatic N) is 5. The molecule has 1 saturated heterocycles. The number of imidazole rings is 1. The molecule has 8 nitrogen and oxygen atoms in total. The number of morpholine rings is 1. The van der Waals surface area contributed by atoms with Crippen LogP contribution in [0.2, 0.25) is 0 Å². The number of aromatic nitrogens is 3. The van der Waals surface area contributed by atoms with E-state index in [9.17, 15) is 8.42 Å². The summed E-state index contributed by atoms with van der Waals surface area (Å²) < 4.78 is 34.5. The molecule has 2 aliphatic heterocycles. The van der Waals surface area contributed by atoms with Gasteiger partial charge in [0.25, 0.3) is 0 Å². The Labute approximate surface area is 158 Å². The Bertz CT molecular complexity index is 930. The normalized spacial score (nSPS) is 21.3. The van der Waals surface area contributed by atoms with Gasteiger partial charge in [-0.3, -0.25) is 0 Å². The molecule has 2 aromatic rings. The monoisotopic (exact) mass is 389 g/mol. The first-order chi connectivity index (χ1) is 13.1. The molecule has 144 valence electrons. The molecule has 0 radical (unpaired) electrons. The summed E-state index contributed by atoms with van der Waals surface area (Å²) in [5, 5.41) is 0. The van der Waals surface area contributed by atoms with Gasteiger partial charge in [0.2, 0.25) is 10.0 Å². The van der Waals surface area contributed by atoms with Crippen LogP contribution in [0.3, 0.4) is 0 Å². The molecule has 0 atom stereocenters. The van der Waals surface area contributed by atoms with Gasteiger partial charge in [0, 0.05) is 44.0 Å². The van der Waals surface area contributed by atoms with Gasteiger partial charge in [-0.25, -0.2) is 18.4 Å². The Hall–Kier alpha value is -1.97. The van der Waals surface area contributed by atoms with Gasteiger partial charge in [0.1, 0.15) is 10.7 Å². The number of hydrogen-bond acceptors (Lipinski definition) is 6. The summed E-state index contributed by atoms with van der Waals surface area (Å²) in [5.41, 5.74) is 2.46. The summed E-state index contributed by atoms with van der Waals surface area (Å²) in [4.78, 5) is 11.4. The van der Waals surface area contributed by atoms with E-state index in [2.05, 4.69) is 19.4 Å². The summed E-state index contributed by atoms with van der Waals surface area (Å²) in [5.74, 6) is 0.794. The summed E-state index contributed by atoms with van der Waals surface area (Å²) in [6, 6.07) is 4.11. The SMILES string of the molecule is O=S(=O)(c1ccc(N2CCc3c(ncn3C3CC3)C2)nc1)N1CCOCC1. The van der Waals surface area contributed by atoms with Crippen molar-refractivity contribution in [1.82, 2.24) is 18.8 Å². The van der Waals surface area contributed by atoms with Gasteiger partial charge >= 0.3 is 0 Å². The molecule has 5 rings (SSSR count). The second-order valence-electron chi connectivity index (χ2n) is 7.32. The molecule has 1 saturated carbocycles. The third-order valence-corrected chi connectivity index (χ3v) is 7.42. The van der Waals surface area contributed by atoms with Gasteiger partial charge < -0.3 is 14.2 Å². The van der Waals surface area contributed by atoms with Crippen LogP contribution in [0.15, 0.2) is 29.6 Å². The summed E-state index contributed by atoms with van der Waals surface area (Å²) in [6.07, 6.45) is 6.90. The summed E-state index contributed by atoms with van der Waals surface area (Å²) in [7, 11) is -3.50. The van der Waals surface area contributed by atoms with Crippen molar-refractivity contribution < 1.29 is 13.2 Å². The Balaban J connectivity index is 1.33. The fourth-order valence-corrected chi connectivity index (χ4v) is 5.20. The molecular formula is C18H23N5O3S. The topological polar surface area (TPSA) is 80.6 Å². The van der Waals surface area contributed by atoms with Crippen LogP contribution >= 0.6 is 0 Å². The van der Waals surface area contributed by atoms with Crippen LogP contribution in [-0.2, 0) is 27.7 Å². The van der Waals surface area contributed by atoms with Crippen molar-refractivity contribution in [2.24, 2.45) is 0 Å². The van der Waals surface area contributed by atoms with Gasteiger partial charge in [0.15, 0.2) is 0 Å². The van der Waals surface area contributed by atoms with Crippen molar-refractivity contribution >= 4 is 15.8 Å². The number of rotatable bonds is 4. The van der Waals surface area contributed by atoms with Gasteiger partial charge in [0.05, 0.1) is 31.8 Å². The maximum Gasteiger partial charge on any atom is 0.244 e. The minimum Gasteiger partial charge on any atom is -0.379 e. The van der Waals surface area contributed by atoms with Crippen molar-refractivity contribution in [2.45, 2.75) is 36.7 Å². The second kappa shape index (κ2) is 6.57. The van der Waals surface area contributed by atoms with Crippen LogP contribution in [0, 0.1) is 0 Å². The molecule has 4 heterocycles. The number of hydrogen-bond donors (Lipinski definition) is 0. The van der Waals surface area contributed by atoms with Crippen molar-refractivity contribution in [3.8, 4) is 0 Å². The largest absolute Gasteiger partial charge is 0.379 e. The van der Waals surface area contributed by atoms with Crippen LogP contribution in [0.25, 0.3) is 0 Å². The van der Waals surface area contributed by atoms with E-state index >= 15 is 0 Å². The Morgan fingerprint density at radius 2 is 1.89 bits per heavy atom. The van der Waals surface area contributed by atoms with E-state index in [1.165, 1.54) is 29.0 Å². The minimum atomic E-state index is -3.50. The zero-order valence-corrected chi connectivity index (χ0v) is 15.9. The lowest BCUT2D eigenvalue weighted by Crippen LogP contribution is -2.40. The summed E-state index contributed by atoms with van der Waals surface area (Å²) >= 11 is 0. The lowest BCUT2D eigenvalue weighted by molar-refractivity contribution is 0.0730. The predicted octanol–water partition coefficient (Wildman–Crippen LogP) is 1.20. The van der Waals surface area contributed by atoms with Gasteiger partial charge in [-0.15, -0.1) is 0 Å². The molecule has 0 spiro atoms. The third kappa shape index (κ3) is 3.13. The highest BCUT2D eigenvalue weighted by molar-refractivity contribution is 7.89. The molecule has 0 aromatic carbocycles. The van der Waals surface area contributed by atoms with E-state index in [-0.39, 0.29) is 4.90 Å². The fraction of sp³-hybridized carbons (Fsp3) is 0.556. The van der Waals surface area contributed by atoms with E-state index < -0.39 is 10.0 Å². The van der Waals surface area contributed by atoms with Gasteiger partial charge in [-0.05, 0) is 25.0 Å². The minimum absolute atomic E-state index is 0.240. The standard InChI is InChI=1S/C18H23N5O3S/c24-27(25,22-7-9-26-10-8-22)15-3-4-18(19-11-15)21-6-5-17-16(12-21)20-13-23(17)14-1-2-14/h3-4,11,13-14H,1-2,5-10,12H2. The molecular weight excluding hydrogens is 366 g/mol. The summed E-state index contributed by atoms with van der Waals surface area (Å²) in [6.45, 7) is 3.25. The van der Waals surface area contributed by atoms with Crippen LogP contribution in [0.4, 0.5) is 5.82 Å². The van der Waals surface area contributed by atoms with E-state index in [1.54, 1.807) is 12.1 Å². The number of anilines is 1. The van der Waals surface area contributed by atoms with E-state index in [0.717, 1.165) is 31.0 Å². The first kappa shape index (κ1) is 17.2. The third-order valence-electron chi connectivity index (χ3n) is 5.53. The van der Waals surface area contributed by atoms with E-state index in [1.807, 2.05) is 6.33 Å². The molecule has 0 bridgehead atoms. The van der Waals surface area contributed by atoms with Gasteiger partial charge in [-0.2, -0.15) is 4.31 Å². The molecule has 2 aromatic heterocycles. The quantitative estimate of drug-likeness (QED) is 0.782. The Morgan fingerprint density at radius 3 is 2.59 bits per heavy atom. The number of pyridine rings is 1. The van der Waals surface area contributed by atoms with Crippen LogP contribution in [0.5, 0.6) is 0 Å². The van der Waals surface area contributed by atoms with Crippen molar-refractivity contribution in [3.63, 3.8) is 0 Å². The first-order valence-electron chi connectivity index (χ1n) is 9.46. The predicted molar refractivity (Wildman–Crippen MR) is 99.1 cm³/mol. The fourth-order valence-electron chi connectivity index (χ4n) is 3.84. The molecule has 2 fully saturated rings. The number of sulfonamides is 1. The second-order valence-corrected chi connectivity index (χ2v) is 9.25. The lowest BCUT2D eigenvalue weighted by atomic mass is 10.1. The molecule has 27 heavy (non-hydrogen) atoms. The zero-order valence-electron chi connectivity index (χ0n) is 15.1. The first-order valence-corrected chi connectivity index (χ1v) is 10.9. The Kier molecular flexibility index (Phi) is 4.18. The molecule has 1 aliphatic carbocycles. The van der Waals surface area contributed by atoms with E-state index in [0.29, 0.717) is 32.3 Å². The molecule has 0 unspecified atom stereocenters. The van der Waals surface area contributed by atoms with Crippen molar-refractivity contribution in [2.75, 3.05) is 37.7 Å². The average Bonchev–Trinajstić information content (AvgIpc) is 3.47. The molecule has 0 amide bonds. The van der Waals surface area contributed by atoms with Crippen LogP contribution in [0.1, 0.15) is 30.3 Å². The van der Waals surface area contributed by atoms with Gasteiger partial charge in [-0.1, -0.05) is 0 Å². The highest BCUT2D eigenvalue weighted by atomic mass is 32.2.